The number of rotatable bonds is 8. The molecule has 9 nitrogen and oxygen atoms in total. The van der Waals surface area contributed by atoms with Crippen LogP contribution in [-0.4, -0.2) is 69.9 Å². The van der Waals surface area contributed by atoms with Gasteiger partial charge in [-0.05, 0) is 86.0 Å². The fourth-order valence-corrected chi connectivity index (χ4v) is 7.77. The lowest BCUT2D eigenvalue weighted by Gasteiger charge is -2.52. The second-order valence-corrected chi connectivity index (χ2v) is 12.6. The normalized spacial score (nSPS) is 28.5. The molecule has 3 aliphatic carbocycles. The molecule has 2 aromatic carbocycles. The van der Waals surface area contributed by atoms with Crippen molar-refractivity contribution in [3.8, 4) is 16.9 Å². The lowest BCUT2D eigenvalue weighted by molar-refractivity contribution is -0.181. The summed E-state index contributed by atoms with van der Waals surface area (Å²) in [6.07, 6.45) is 5.23. The molecule has 3 aliphatic rings. The molecule has 2 aromatic rings. The number of hydrogen-bond donors (Lipinski definition) is 3. The van der Waals surface area contributed by atoms with Gasteiger partial charge in [0.1, 0.15) is 5.75 Å². The molecule has 0 heterocycles. The number of carbonyl (C=O) groups excluding carboxylic acids is 5. The average Bonchev–Trinajstić information content (AvgIpc) is 2.95. The highest BCUT2D eigenvalue weighted by molar-refractivity contribution is 6.32. The van der Waals surface area contributed by atoms with E-state index in [1.54, 1.807) is 20.2 Å². The third-order valence-electron chi connectivity index (χ3n) is 9.86. The Morgan fingerprint density at radius 2 is 1.74 bits per heavy atom. The number of aryl methyl sites for hydroxylation is 2. The van der Waals surface area contributed by atoms with Crippen molar-refractivity contribution in [3.63, 3.8) is 0 Å². The van der Waals surface area contributed by atoms with Crippen molar-refractivity contribution in [2.45, 2.75) is 70.4 Å². The van der Waals surface area contributed by atoms with Crippen LogP contribution in [-0.2, 0) is 38.4 Å². The first-order chi connectivity index (χ1) is 20.4. The third-order valence-corrected chi connectivity index (χ3v) is 9.86. The Labute approximate surface area is 251 Å². The first kappa shape index (κ1) is 30.8. The number of phenols is 1. The number of primary amides is 1. The molecule has 228 valence electrons. The van der Waals surface area contributed by atoms with Gasteiger partial charge in [-0.25, -0.2) is 0 Å². The molecule has 0 spiro atoms. The number of ketones is 4. The second kappa shape index (κ2) is 11.4. The van der Waals surface area contributed by atoms with Gasteiger partial charge in [0.15, 0.2) is 34.7 Å². The summed E-state index contributed by atoms with van der Waals surface area (Å²) < 4.78 is 0. The van der Waals surface area contributed by atoms with Crippen molar-refractivity contribution in [1.29, 1.82) is 0 Å². The standard InChI is InChI=1S/C34H40N2O7/c1-5-7-8-9-17-10-11-18(6-2)21(14-17)20-12-13-24(37)26-22(20)15-19-16-23-28(36(3)4)30(39)27(33(35)42)32(41)34(23,43)31(40)25(19)29(26)38/h10-14,19,23,25,27-28,37,43H,5-9,15-16H2,1-4H3,(H2,35,42)/t19-,23-,25?,27?,28?,34-/m1/s1. The van der Waals surface area contributed by atoms with Gasteiger partial charge < -0.3 is 15.9 Å². The summed E-state index contributed by atoms with van der Waals surface area (Å²) in [7, 11) is 3.15. The van der Waals surface area contributed by atoms with E-state index in [0.29, 0.717) is 5.56 Å². The van der Waals surface area contributed by atoms with E-state index in [1.807, 2.05) is 0 Å². The number of amides is 1. The summed E-state index contributed by atoms with van der Waals surface area (Å²) in [5, 5.41) is 22.7. The van der Waals surface area contributed by atoms with Crippen LogP contribution in [0.3, 0.4) is 0 Å². The predicted molar refractivity (Wildman–Crippen MR) is 159 cm³/mol. The largest absolute Gasteiger partial charge is 0.507 e. The first-order valence-electron chi connectivity index (χ1n) is 15.2. The lowest BCUT2D eigenvalue weighted by Crippen LogP contribution is -2.74. The molecule has 5 rings (SSSR count). The zero-order chi connectivity index (χ0) is 31.4. The number of aromatic hydroxyl groups is 1. The number of unbranched alkanes of at least 4 members (excludes halogenated alkanes) is 2. The molecule has 9 heteroatoms. The SMILES string of the molecule is CCCCCc1ccc(CC)c(-c2ccc(O)c3c2C[C@@H]2C[C@@H]4C(N(C)C)C(=O)C(C(N)=O)C(=O)[C@]4(O)C(=O)C2C3=O)c1. The number of nitrogens with zero attached hydrogens (tertiary/aromatic N) is 1. The van der Waals surface area contributed by atoms with Crippen LogP contribution < -0.4 is 5.73 Å². The summed E-state index contributed by atoms with van der Waals surface area (Å²) in [5.74, 6) is -10.4. The van der Waals surface area contributed by atoms with E-state index in [4.69, 9.17) is 5.73 Å². The van der Waals surface area contributed by atoms with E-state index in [0.717, 1.165) is 48.8 Å². The number of carbonyl (C=O) groups is 5. The molecule has 2 saturated carbocycles. The van der Waals surface area contributed by atoms with E-state index in [2.05, 4.69) is 32.0 Å². The van der Waals surface area contributed by atoms with Crippen LogP contribution in [0.15, 0.2) is 30.3 Å². The number of nitrogens with two attached hydrogens (primary N) is 1. The Bertz CT molecular complexity index is 1530. The van der Waals surface area contributed by atoms with Gasteiger partial charge in [0, 0.05) is 5.92 Å². The van der Waals surface area contributed by atoms with E-state index in [-0.39, 0.29) is 24.2 Å². The fraction of sp³-hybridized carbons (Fsp3) is 0.500. The molecule has 0 radical (unpaired) electrons. The number of Topliss-reactive ketones (excluding diaryl/α,β-unsaturated/α-hetero) is 4. The van der Waals surface area contributed by atoms with Crippen LogP contribution in [0.25, 0.3) is 11.1 Å². The Morgan fingerprint density at radius 1 is 1.02 bits per heavy atom. The van der Waals surface area contributed by atoms with Gasteiger partial charge in [-0.3, -0.25) is 28.9 Å². The summed E-state index contributed by atoms with van der Waals surface area (Å²) in [6, 6.07) is 8.51. The average molecular weight is 589 g/mol. The molecule has 43 heavy (non-hydrogen) atoms. The first-order valence-corrected chi connectivity index (χ1v) is 15.2. The van der Waals surface area contributed by atoms with Crippen molar-refractivity contribution in [1.82, 2.24) is 4.90 Å². The van der Waals surface area contributed by atoms with E-state index < -0.39 is 64.4 Å². The zero-order valence-electron chi connectivity index (χ0n) is 25.2. The Morgan fingerprint density at radius 3 is 2.37 bits per heavy atom. The molecular weight excluding hydrogens is 548 g/mol. The molecule has 0 aromatic heterocycles. The summed E-state index contributed by atoms with van der Waals surface area (Å²) in [6.45, 7) is 4.22. The van der Waals surface area contributed by atoms with Gasteiger partial charge in [-0.2, -0.15) is 0 Å². The Kier molecular flexibility index (Phi) is 8.17. The molecule has 1 amide bonds. The minimum absolute atomic E-state index is 0.0162. The van der Waals surface area contributed by atoms with Crippen molar-refractivity contribution in [2.75, 3.05) is 14.1 Å². The van der Waals surface area contributed by atoms with Gasteiger partial charge in [-0.15, -0.1) is 0 Å². The highest BCUT2D eigenvalue weighted by Gasteiger charge is 2.69. The number of phenolic OH excluding ortho intramolecular Hbond substituents is 1. The van der Waals surface area contributed by atoms with E-state index in [9.17, 15) is 34.2 Å². The molecule has 0 saturated heterocycles. The van der Waals surface area contributed by atoms with Gasteiger partial charge >= 0.3 is 0 Å². The van der Waals surface area contributed by atoms with Gasteiger partial charge in [-0.1, -0.05) is 51.0 Å². The lowest BCUT2D eigenvalue weighted by atomic mass is 9.52. The molecule has 0 aliphatic heterocycles. The third kappa shape index (κ3) is 4.73. The van der Waals surface area contributed by atoms with Crippen molar-refractivity contribution >= 4 is 29.0 Å². The predicted octanol–water partition coefficient (Wildman–Crippen LogP) is 2.83. The minimum atomic E-state index is -2.73. The topological polar surface area (TPSA) is 155 Å². The molecule has 4 N–H and O–H groups in total. The highest BCUT2D eigenvalue weighted by atomic mass is 16.3. The van der Waals surface area contributed by atoms with Crippen LogP contribution in [0.1, 0.15) is 66.6 Å². The van der Waals surface area contributed by atoms with Crippen molar-refractivity contribution < 1.29 is 34.2 Å². The summed E-state index contributed by atoms with van der Waals surface area (Å²) >= 11 is 0. The monoisotopic (exact) mass is 588 g/mol. The number of benzene rings is 2. The Balaban J connectivity index is 1.63. The van der Waals surface area contributed by atoms with Gasteiger partial charge in [0.2, 0.25) is 5.91 Å². The maximum atomic E-state index is 14.1. The second-order valence-electron chi connectivity index (χ2n) is 12.6. The highest BCUT2D eigenvalue weighted by Crippen LogP contribution is 2.52. The summed E-state index contributed by atoms with van der Waals surface area (Å²) in [4.78, 5) is 68.7. The van der Waals surface area contributed by atoms with Crippen LogP contribution in [0.2, 0.25) is 0 Å². The number of fused-ring (bicyclic) bond motifs is 3. The summed E-state index contributed by atoms with van der Waals surface area (Å²) in [5.41, 5.74) is 7.34. The maximum Gasteiger partial charge on any atom is 0.235 e. The zero-order valence-corrected chi connectivity index (χ0v) is 25.2. The molecule has 0 bridgehead atoms. The molecule has 2 fully saturated rings. The number of hydrogen-bond acceptors (Lipinski definition) is 8. The van der Waals surface area contributed by atoms with Crippen molar-refractivity contribution in [3.05, 3.63) is 52.6 Å². The number of likely N-dealkylation sites (N-methyl/N-ethyl adjacent to an activating group) is 1. The van der Waals surface area contributed by atoms with Crippen LogP contribution in [0.4, 0.5) is 0 Å². The van der Waals surface area contributed by atoms with Crippen molar-refractivity contribution in [2.24, 2.45) is 29.4 Å². The van der Waals surface area contributed by atoms with Crippen LogP contribution in [0.5, 0.6) is 5.75 Å². The van der Waals surface area contributed by atoms with Gasteiger partial charge in [0.25, 0.3) is 0 Å². The smallest absolute Gasteiger partial charge is 0.235 e. The van der Waals surface area contributed by atoms with Crippen LogP contribution in [0, 0.1) is 23.7 Å². The molecular formula is C34H40N2O7. The molecule has 6 atom stereocenters. The van der Waals surface area contributed by atoms with E-state index in [1.165, 1.54) is 16.5 Å². The molecule has 3 unspecified atom stereocenters. The Hall–Kier alpha value is -3.69. The quantitative estimate of drug-likeness (QED) is 0.314. The maximum absolute atomic E-state index is 14.1. The fourth-order valence-electron chi connectivity index (χ4n) is 7.77. The minimum Gasteiger partial charge on any atom is -0.507 e. The number of aliphatic hydroxyl groups is 1. The van der Waals surface area contributed by atoms with E-state index >= 15 is 0 Å². The van der Waals surface area contributed by atoms with Crippen LogP contribution >= 0.6 is 0 Å². The van der Waals surface area contributed by atoms with Gasteiger partial charge in [0.05, 0.1) is 17.5 Å².